The molecule has 0 bridgehead atoms. The third-order valence-electron chi connectivity index (χ3n) is 3.13. The Labute approximate surface area is 115 Å². The molecule has 0 radical (unpaired) electrons. The summed E-state index contributed by atoms with van der Waals surface area (Å²) < 4.78 is 18.0. The Kier molecular flexibility index (Phi) is 4.01. The van der Waals surface area contributed by atoms with Crippen LogP contribution in [0.3, 0.4) is 0 Å². The molecule has 0 aliphatic rings. The molecule has 0 fully saturated rings. The van der Waals surface area contributed by atoms with Gasteiger partial charge in [-0.15, -0.1) is 0 Å². The van der Waals surface area contributed by atoms with E-state index in [0.29, 0.717) is 0 Å². The third kappa shape index (κ3) is 2.85. The fourth-order valence-electron chi connectivity index (χ4n) is 2.36. The average Bonchev–Trinajstić information content (AvgIpc) is 2.37. The zero-order chi connectivity index (χ0) is 14.0. The molecule has 1 unspecified atom stereocenters. The fourth-order valence-corrected chi connectivity index (χ4v) is 3.85. The zero-order valence-corrected chi connectivity index (χ0v) is 12.6. The molecule has 2 rings (SSSR count). The molecule has 0 aliphatic carbocycles. The molecule has 3 heteroatoms. The maximum atomic E-state index is 12.8. The highest BCUT2D eigenvalue weighted by Crippen LogP contribution is 2.26. The van der Waals surface area contributed by atoms with Crippen LogP contribution in [-0.2, 0) is 4.57 Å². The molecule has 0 saturated carbocycles. The second-order valence-corrected chi connectivity index (χ2v) is 6.30. The van der Waals surface area contributed by atoms with Gasteiger partial charge in [0.15, 0.2) is 5.30 Å². The standard InChI is InChI=1S/C16H18O2P/c1-11-8-12(2)16(13(3)9-11)19(17)15-7-5-6-14(10-15)18-4/h5-10H,1-4H3/q+1. The van der Waals surface area contributed by atoms with Crippen LogP contribution in [0.5, 0.6) is 5.75 Å². The van der Waals surface area contributed by atoms with E-state index >= 15 is 0 Å². The van der Waals surface area contributed by atoms with Gasteiger partial charge in [0, 0.05) is 17.2 Å². The lowest BCUT2D eigenvalue weighted by Crippen LogP contribution is -2.13. The molecule has 0 heterocycles. The van der Waals surface area contributed by atoms with Crippen molar-refractivity contribution in [3.05, 3.63) is 53.1 Å². The summed E-state index contributed by atoms with van der Waals surface area (Å²) in [5.74, 6) is 0.739. The van der Waals surface area contributed by atoms with Crippen LogP contribution in [0.15, 0.2) is 36.4 Å². The normalized spacial score (nSPS) is 11.3. The van der Waals surface area contributed by atoms with Crippen molar-refractivity contribution in [3.8, 4) is 5.75 Å². The van der Waals surface area contributed by atoms with Crippen LogP contribution in [0.25, 0.3) is 0 Å². The van der Waals surface area contributed by atoms with Gasteiger partial charge in [0.05, 0.1) is 7.11 Å². The molecule has 2 nitrogen and oxygen atoms in total. The lowest BCUT2D eigenvalue weighted by atomic mass is 10.1. The molecule has 0 aliphatic heterocycles. The van der Waals surface area contributed by atoms with Gasteiger partial charge in [0.25, 0.3) is 0 Å². The van der Waals surface area contributed by atoms with Crippen LogP contribution >= 0.6 is 7.80 Å². The minimum atomic E-state index is -1.58. The van der Waals surface area contributed by atoms with Gasteiger partial charge in [-0.3, -0.25) is 0 Å². The Morgan fingerprint density at radius 1 is 1.00 bits per heavy atom. The van der Waals surface area contributed by atoms with Crippen LogP contribution in [0.4, 0.5) is 0 Å². The van der Waals surface area contributed by atoms with Gasteiger partial charge in [-0.2, -0.15) is 0 Å². The Morgan fingerprint density at radius 3 is 2.21 bits per heavy atom. The summed E-state index contributed by atoms with van der Waals surface area (Å²) in [5, 5.41) is 1.75. The number of aryl methyl sites for hydroxylation is 3. The topological polar surface area (TPSA) is 26.3 Å². The molecular formula is C16H18O2P+. The lowest BCUT2D eigenvalue weighted by molar-refractivity contribution is 0.415. The number of ether oxygens (including phenoxy) is 1. The van der Waals surface area contributed by atoms with Crippen molar-refractivity contribution >= 4 is 18.4 Å². The summed E-state index contributed by atoms with van der Waals surface area (Å²) in [7, 11) is 0.0428. The molecule has 2 aromatic carbocycles. The predicted octanol–water partition coefficient (Wildman–Crippen LogP) is 3.40. The van der Waals surface area contributed by atoms with Crippen molar-refractivity contribution in [2.24, 2.45) is 0 Å². The minimum absolute atomic E-state index is 0.739. The van der Waals surface area contributed by atoms with Crippen LogP contribution in [0.1, 0.15) is 16.7 Å². The van der Waals surface area contributed by atoms with E-state index in [1.54, 1.807) is 7.11 Å². The van der Waals surface area contributed by atoms with Gasteiger partial charge in [0.1, 0.15) is 5.75 Å². The maximum Gasteiger partial charge on any atom is 0.416 e. The monoisotopic (exact) mass is 273 g/mol. The van der Waals surface area contributed by atoms with E-state index in [1.165, 1.54) is 5.56 Å². The van der Waals surface area contributed by atoms with Gasteiger partial charge in [-0.25, -0.2) is 0 Å². The quantitative estimate of drug-likeness (QED) is 0.801. The number of methoxy groups -OCH3 is 1. The molecular weight excluding hydrogens is 255 g/mol. The molecule has 0 aromatic heterocycles. The summed E-state index contributed by atoms with van der Waals surface area (Å²) >= 11 is 0. The summed E-state index contributed by atoms with van der Waals surface area (Å²) in [4.78, 5) is 0. The van der Waals surface area contributed by atoms with Crippen LogP contribution in [-0.4, -0.2) is 7.11 Å². The minimum Gasteiger partial charge on any atom is -0.497 e. The summed E-state index contributed by atoms with van der Waals surface area (Å²) in [6.45, 7) is 6.09. The van der Waals surface area contributed by atoms with E-state index in [2.05, 4.69) is 19.1 Å². The van der Waals surface area contributed by atoms with E-state index in [9.17, 15) is 4.57 Å². The van der Waals surface area contributed by atoms with Crippen molar-refractivity contribution in [1.29, 1.82) is 0 Å². The van der Waals surface area contributed by atoms with E-state index in [-0.39, 0.29) is 0 Å². The Morgan fingerprint density at radius 2 is 1.63 bits per heavy atom. The summed E-state index contributed by atoms with van der Waals surface area (Å²) in [6.07, 6.45) is 0. The van der Waals surface area contributed by atoms with Crippen LogP contribution < -0.4 is 15.3 Å². The molecule has 0 saturated heterocycles. The van der Waals surface area contributed by atoms with E-state index in [1.807, 2.05) is 38.1 Å². The second kappa shape index (κ2) is 5.54. The molecule has 0 N–H and O–H groups in total. The second-order valence-electron chi connectivity index (χ2n) is 4.74. The third-order valence-corrected chi connectivity index (χ3v) is 4.99. The van der Waals surface area contributed by atoms with Gasteiger partial charge in [-0.05, 0) is 32.9 Å². The molecule has 1 atom stereocenters. The van der Waals surface area contributed by atoms with Gasteiger partial charge >= 0.3 is 7.80 Å². The fraction of sp³-hybridized carbons (Fsp3) is 0.250. The maximum absolute atomic E-state index is 12.8. The van der Waals surface area contributed by atoms with E-state index in [4.69, 9.17) is 4.74 Å². The molecule has 98 valence electrons. The Bertz CT molecular complexity index is 609. The molecule has 19 heavy (non-hydrogen) atoms. The van der Waals surface area contributed by atoms with Gasteiger partial charge in [-0.1, -0.05) is 28.3 Å². The van der Waals surface area contributed by atoms with Crippen LogP contribution in [0.2, 0.25) is 0 Å². The van der Waals surface area contributed by atoms with Gasteiger partial charge < -0.3 is 4.74 Å². The number of rotatable bonds is 3. The first-order valence-corrected chi connectivity index (χ1v) is 7.48. The van der Waals surface area contributed by atoms with Crippen molar-refractivity contribution in [1.82, 2.24) is 0 Å². The highest BCUT2D eigenvalue weighted by Gasteiger charge is 2.28. The highest BCUT2D eigenvalue weighted by atomic mass is 31.1. The van der Waals surface area contributed by atoms with E-state index in [0.717, 1.165) is 27.5 Å². The number of hydrogen-bond donors (Lipinski definition) is 0. The highest BCUT2D eigenvalue weighted by molar-refractivity contribution is 7.61. The Balaban J connectivity index is 2.50. The van der Waals surface area contributed by atoms with Gasteiger partial charge in [0.2, 0.25) is 5.30 Å². The van der Waals surface area contributed by atoms with Crippen molar-refractivity contribution < 1.29 is 9.30 Å². The first-order chi connectivity index (χ1) is 9.02. The van der Waals surface area contributed by atoms with Crippen molar-refractivity contribution in [2.75, 3.05) is 7.11 Å². The number of benzene rings is 2. The zero-order valence-electron chi connectivity index (χ0n) is 11.7. The Hall–Kier alpha value is -1.66. The molecule has 0 spiro atoms. The largest absolute Gasteiger partial charge is 0.497 e. The van der Waals surface area contributed by atoms with E-state index < -0.39 is 7.80 Å². The summed E-state index contributed by atoms with van der Waals surface area (Å²) in [6, 6.07) is 11.6. The van der Waals surface area contributed by atoms with Crippen molar-refractivity contribution in [3.63, 3.8) is 0 Å². The first kappa shape index (κ1) is 13.8. The molecule has 0 amide bonds. The molecule has 2 aromatic rings. The predicted molar refractivity (Wildman–Crippen MR) is 80.5 cm³/mol. The lowest BCUT2D eigenvalue weighted by Gasteiger charge is -2.03. The van der Waals surface area contributed by atoms with Crippen LogP contribution in [0, 0.1) is 20.8 Å². The average molecular weight is 273 g/mol. The first-order valence-electron chi connectivity index (χ1n) is 6.22. The van der Waals surface area contributed by atoms with Crippen molar-refractivity contribution in [2.45, 2.75) is 20.8 Å². The summed E-state index contributed by atoms with van der Waals surface area (Å²) in [5.41, 5.74) is 3.37. The smallest absolute Gasteiger partial charge is 0.416 e. The SMILES string of the molecule is COc1cccc([P+](=O)c2c(C)cc(C)cc2C)c1. The number of hydrogen-bond acceptors (Lipinski definition) is 2.